The van der Waals surface area contributed by atoms with Crippen molar-refractivity contribution in [2.75, 3.05) is 18.5 Å². The van der Waals surface area contributed by atoms with Gasteiger partial charge in [0.2, 0.25) is 0 Å². The van der Waals surface area contributed by atoms with E-state index in [1.165, 1.54) is 16.2 Å². The van der Waals surface area contributed by atoms with Crippen LogP contribution in [0.25, 0.3) is 0 Å². The first-order valence-electron chi connectivity index (χ1n) is 6.34. The molecule has 1 aromatic carbocycles. The highest BCUT2D eigenvalue weighted by Gasteiger charge is 2.19. The summed E-state index contributed by atoms with van der Waals surface area (Å²) < 4.78 is 0. The number of rotatable bonds is 4. The third-order valence-corrected chi connectivity index (χ3v) is 3.74. The summed E-state index contributed by atoms with van der Waals surface area (Å²) in [7, 11) is 1.68. The molecule has 4 nitrogen and oxygen atoms in total. The molecule has 2 aromatic rings. The van der Waals surface area contributed by atoms with Crippen molar-refractivity contribution in [1.29, 1.82) is 0 Å². The molecule has 0 aliphatic rings. The highest BCUT2D eigenvalue weighted by Crippen LogP contribution is 2.22. The predicted molar refractivity (Wildman–Crippen MR) is 81.5 cm³/mol. The van der Waals surface area contributed by atoms with E-state index in [0.717, 1.165) is 0 Å². The number of hydrogen-bond acceptors (Lipinski definition) is 3. The fourth-order valence-electron chi connectivity index (χ4n) is 1.89. The molecule has 1 heterocycles. The molecule has 5 heteroatoms. The maximum absolute atomic E-state index is 12.3. The minimum absolute atomic E-state index is 0.114. The van der Waals surface area contributed by atoms with E-state index < -0.39 is 0 Å². The number of amides is 2. The fourth-order valence-corrected chi connectivity index (χ4v) is 2.59. The molecule has 0 spiro atoms. The molecule has 0 unspecified atom stereocenters. The van der Waals surface area contributed by atoms with Gasteiger partial charge in [-0.3, -0.25) is 9.59 Å². The zero-order valence-corrected chi connectivity index (χ0v) is 12.2. The predicted octanol–water partition coefficient (Wildman–Crippen LogP) is 2.77. The van der Waals surface area contributed by atoms with Crippen LogP contribution in [0, 0.1) is 0 Å². The molecule has 0 saturated carbocycles. The van der Waals surface area contributed by atoms with Crippen LogP contribution in [0.15, 0.2) is 41.8 Å². The second kappa shape index (κ2) is 6.34. The maximum Gasteiger partial charge on any atom is 0.268 e. The number of hydrogen-bond donors (Lipinski definition) is 1. The van der Waals surface area contributed by atoms with Gasteiger partial charge in [-0.15, -0.1) is 11.3 Å². The van der Waals surface area contributed by atoms with Crippen molar-refractivity contribution < 1.29 is 9.59 Å². The summed E-state index contributed by atoms with van der Waals surface area (Å²) in [5.74, 6) is -0.286. The lowest BCUT2D eigenvalue weighted by Crippen LogP contribution is -2.30. The molecule has 0 aliphatic heterocycles. The first-order valence-corrected chi connectivity index (χ1v) is 7.22. The zero-order chi connectivity index (χ0) is 14.5. The Labute approximate surface area is 122 Å². The van der Waals surface area contributed by atoms with Crippen LogP contribution in [0.1, 0.15) is 27.0 Å². The number of carbonyl (C=O) groups is 2. The van der Waals surface area contributed by atoms with Gasteiger partial charge in [-0.1, -0.05) is 18.2 Å². The molecule has 0 radical (unpaired) electrons. The van der Waals surface area contributed by atoms with Gasteiger partial charge in [0.15, 0.2) is 0 Å². The van der Waals surface area contributed by atoms with Crippen molar-refractivity contribution in [3.05, 3.63) is 52.2 Å². The van der Waals surface area contributed by atoms with Crippen LogP contribution in [0.3, 0.4) is 0 Å². The number of nitrogens with one attached hydrogen (secondary N) is 1. The van der Waals surface area contributed by atoms with E-state index >= 15 is 0 Å². The second-order valence-electron chi connectivity index (χ2n) is 4.22. The molecule has 0 saturated heterocycles. The topological polar surface area (TPSA) is 49.4 Å². The third-order valence-electron chi connectivity index (χ3n) is 2.88. The SMILES string of the molecule is CCNC(=O)c1ccccc1N(C)C(=O)c1cccs1. The Hall–Kier alpha value is -2.14. The van der Waals surface area contributed by atoms with Crippen molar-refractivity contribution in [2.45, 2.75) is 6.92 Å². The lowest BCUT2D eigenvalue weighted by molar-refractivity contribution is 0.0956. The average Bonchev–Trinajstić information content (AvgIpc) is 3.00. The van der Waals surface area contributed by atoms with E-state index in [9.17, 15) is 9.59 Å². The Morgan fingerprint density at radius 2 is 1.95 bits per heavy atom. The van der Waals surface area contributed by atoms with Gasteiger partial charge in [-0.25, -0.2) is 0 Å². The Morgan fingerprint density at radius 1 is 1.20 bits per heavy atom. The fraction of sp³-hybridized carbons (Fsp3) is 0.200. The van der Waals surface area contributed by atoms with Gasteiger partial charge in [0.25, 0.3) is 11.8 Å². The number of benzene rings is 1. The molecule has 0 atom stereocenters. The van der Waals surface area contributed by atoms with Crippen LogP contribution in [0.2, 0.25) is 0 Å². The Kier molecular flexibility index (Phi) is 4.53. The summed E-state index contributed by atoms with van der Waals surface area (Å²) in [6, 6.07) is 10.7. The minimum Gasteiger partial charge on any atom is -0.352 e. The lowest BCUT2D eigenvalue weighted by Gasteiger charge is -2.19. The first-order chi connectivity index (χ1) is 9.65. The second-order valence-corrected chi connectivity index (χ2v) is 5.17. The van der Waals surface area contributed by atoms with Gasteiger partial charge in [0, 0.05) is 13.6 Å². The van der Waals surface area contributed by atoms with E-state index in [0.29, 0.717) is 22.7 Å². The first kappa shape index (κ1) is 14.3. The molecule has 1 N–H and O–H groups in total. The molecule has 0 fully saturated rings. The molecule has 2 amide bonds. The number of para-hydroxylation sites is 1. The summed E-state index contributed by atoms with van der Waals surface area (Å²) >= 11 is 1.39. The van der Waals surface area contributed by atoms with Gasteiger partial charge in [0.1, 0.15) is 0 Å². The molecular formula is C15H16N2O2S. The van der Waals surface area contributed by atoms with Crippen LogP contribution in [-0.4, -0.2) is 25.4 Å². The Bertz CT molecular complexity index is 608. The minimum atomic E-state index is -0.172. The van der Waals surface area contributed by atoms with Crippen LogP contribution >= 0.6 is 11.3 Å². The van der Waals surface area contributed by atoms with Crippen LogP contribution in [-0.2, 0) is 0 Å². The van der Waals surface area contributed by atoms with E-state index in [1.807, 2.05) is 24.4 Å². The summed E-state index contributed by atoms with van der Waals surface area (Å²) in [5.41, 5.74) is 1.11. The monoisotopic (exact) mass is 288 g/mol. The van der Waals surface area contributed by atoms with E-state index in [2.05, 4.69) is 5.32 Å². The van der Waals surface area contributed by atoms with Gasteiger partial charge in [0.05, 0.1) is 16.1 Å². The number of nitrogens with zero attached hydrogens (tertiary/aromatic N) is 1. The van der Waals surface area contributed by atoms with Gasteiger partial charge < -0.3 is 10.2 Å². The van der Waals surface area contributed by atoms with Crippen molar-refractivity contribution in [2.24, 2.45) is 0 Å². The van der Waals surface area contributed by atoms with Crippen molar-refractivity contribution >= 4 is 28.8 Å². The highest BCUT2D eigenvalue weighted by molar-refractivity contribution is 7.12. The molecule has 20 heavy (non-hydrogen) atoms. The smallest absolute Gasteiger partial charge is 0.268 e. The van der Waals surface area contributed by atoms with E-state index in [-0.39, 0.29) is 11.8 Å². The van der Waals surface area contributed by atoms with Gasteiger partial charge in [-0.05, 0) is 30.5 Å². The Balaban J connectivity index is 2.32. The molecule has 0 aliphatic carbocycles. The van der Waals surface area contributed by atoms with Gasteiger partial charge >= 0.3 is 0 Å². The van der Waals surface area contributed by atoms with Crippen molar-refractivity contribution in [1.82, 2.24) is 5.32 Å². The normalized spacial score (nSPS) is 10.1. The number of thiophene rings is 1. The molecule has 0 bridgehead atoms. The van der Waals surface area contributed by atoms with Crippen LogP contribution < -0.4 is 10.2 Å². The molecular weight excluding hydrogens is 272 g/mol. The van der Waals surface area contributed by atoms with E-state index in [4.69, 9.17) is 0 Å². The number of carbonyl (C=O) groups excluding carboxylic acids is 2. The third kappa shape index (κ3) is 2.88. The summed E-state index contributed by atoms with van der Waals surface area (Å²) in [5, 5.41) is 4.61. The zero-order valence-electron chi connectivity index (χ0n) is 11.4. The quantitative estimate of drug-likeness (QED) is 0.940. The molecule has 104 valence electrons. The van der Waals surface area contributed by atoms with Gasteiger partial charge in [-0.2, -0.15) is 0 Å². The maximum atomic E-state index is 12.3. The largest absolute Gasteiger partial charge is 0.352 e. The van der Waals surface area contributed by atoms with Crippen molar-refractivity contribution in [3.63, 3.8) is 0 Å². The van der Waals surface area contributed by atoms with Crippen LogP contribution in [0.5, 0.6) is 0 Å². The number of anilines is 1. The summed E-state index contributed by atoms with van der Waals surface area (Å²) in [6.07, 6.45) is 0. The van der Waals surface area contributed by atoms with Crippen molar-refractivity contribution in [3.8, 4) is 0 Å². The summed E-state index contributed by atoms with van der Waals surface area (Å²) in [4.78, 5) is 26.5. The standard InChI is InChI=1S/C15H16N2O2S/c1-3-16-14(18)11-7-4-5-8-12(11)17(2)15(19)13-9-6-10-20-13/h4-10H,3H2,1-2H3,(H,16,18). The summed E-state index contributed by atoms with van der Waals surface area (Å²) in [6.45, 7) is 2.41. The Morgan fingerprint density at radius 3 is 2.60 bits per heavy atom. The lowest BCUT2D eigenvalue weighted by atomic mass is 10.1. The molecule has 1 aromatic heterocycles. The average molecular weight is 288 g/mol. The highest BCUT2D eigenvalue weighted by atomic mass is 32.1. The van der Waals surface area contributed by atoms with Crippen LogP contribution in [0.4, 0.5) is 5.69 Å². The molecule has 2 rings (SSSR count). The van der Waals surface area contributed by atoms with E-state index in [1.54, 1.807) is 31.3 Å².